The maximum atomic E-state index is 11.9. The number of hydrogen-bond donors (Lipinski definition) is 0. The van der Waals surface area contributed by atoms with Gasteiger partial charge < -0.3 is 0 Å². The molecular formula is C38H56IO3S+. The maximum Gasteiger partial charge on any atom is 0.357 e. The first-order chi connectivity index (χ1) is 20.3. The van der Waals surface area contributed by atoms with E-state index in [2.05, 4.69) is 97.0 Å². The fraction of sp³-hybridized carbons (Fsp3) is 0.526. The standard InChI is InChI=1S/C20H26I.C18H30O3S/c1-19(2,3)15-7-11-17(12-8-15)21-18-13-9-16(10-14-18)20(4,5)6;1-2-3-4-5-6-7-8-9-10-14-17-21-22(19,20)18-15-12-11-13-16-18/h7-14H,1-6H3;11-13,15-16H,2-10,14,17H2,1H3/q+1;. The maximum absolute atomic E-state index is 11.9. The summed E-state index contributed by atoms with van der Waals surface area (Å²) >= 11 is -0.0703. The van der Waals surface area contributed by atoms with Crippen LogP contribution in [0, 0.1) is 7.14 Å². The summed E-state index contributed by atoms with van der Waals surface area (Å²) in [6.07, 6.45) is 12.3. The molecule has 0 aliphatic carbocycles. The third-order valence-corrected chi connectivity index (χ3v) is 11.4. The zero-order chi connectivity index (χ0) is 31.8. The van der Waals surface area contributed by atoms with Gasteiger partial charge in [-0.25, -0.2) is 0 Å². The van der Waals surface area contributed by atoms with Crippen LogP contribution in [0.4, 0.5) is 0 Å². The highest BCUT2D eigenvalue weighted by molar-refractivity contribution is 7.86. The van der Waals surface area contributed by atoms with Crippen LogP contribution in [0.2, 0.25) is 0 Å². The van der Waals surface area contributed by atoms with Crippen molar-refractivity contribution in [2.75, 3.05) is 6.61 Å². The van der Waals surface area contributed by atoms with E-state index in [9.17, 15) is 8.42 Å². The number of benzene rings is 3. The molecule has 0 N–H and O–H groups in total. The van der Waals surface area contributed by atoms with Gasteiger partial charge in [0.25, 0.3) is 10.1 Å². The number of hydrogen-bond acceptors (Lipinski definition) is 3. The normalized spacial score (nSPS) is 12.1. The van der Waals surface area contributed by atoms with Crippen molar-refractivity contribution in [2.45, 2.75) is 128 Å². The lowest BCUT2D eigenvalue weighted by Gasteiger charge is -2.18. The predicted molar refractivity (Wildman–Crippen MR) is 179 cm³/mol. The highest BCUT2D eigenvalue weighted by Gasteiger charge is 2.20. The van der Waals surface area contributed by atoms with Crippen LogP contribution in [0.25, 0.3) is 0 Å². The molecule has 5 heteroatoms. The molecular weight excluding hydrogens is 663 g/mol. The lowest BCUT2D eigenvalue weighted by Crippen LogP contribution is -3.61. The molecule has 43 heavy (non-hydrogen) atoms. The Bertz CT molecular complexity index is 1200. The van der Waals surface area contributed by atoms with E-state index >= 15 is 0 Å². The Labute approximate surface area is 274 Å². The summed E-state index contributed by atoms with van der Waals surface area (Å²) in [7, 11) is -3.57. The molecule has 0 amide bonds. The van der Waals surface area contributed by atoms with Crippen LogP contribution in [0.3, 0.4) is 0 Å². The number of rotatable bonds is 15. The van der Waals surface area contributed by atoms with Gasteiger partial charge in [0.2, 0.25) is 0 Å². The summed E-state index contributed by atoms with van der Waals surface area (Å²) in [6, 6.07) is 26.7. The Morgan fingerprint density at radius 2 is 0.953 bits per heavy atom. The van der Waals surface area contributed by atoms with Crippen molar-refractivity contribution in [1.82, 2.24) is 0 Å². The first-order valence-corrected chi connectivity index (χ1v) is 19.7. The van der Waals surface area contributed by atoms with E-state index in [4.69, 9.17) is 4.18 Å². The predicted octanol–water partition coefficient (Wildman–Crippen LogP) is 7.72. The molecule has 3 nitrogen and oxygen atoms in total. The molecule has 0 aliphatic rings. The fourth-order valence-electron chi connectivity index (χ4n) is 4.57. The highest BCUT2D eigenvalue weighted by atomic mass is 127. The minimum Gasteiger partial charge on any atom is -0.266 e. The Kier molecular flexibility index (Phi) is 16.5. The fourth-order valence-corrected chi connectivity index (χ4v) is 7.69. The molecule has 0 radical (unpaired) electrons. The molecule has 0 saturated heterocycles. The average Bonchev–Trinajstić information content (AvgIpc) is 2.96. The molecule has 0 saturated carbocycles. The highest BCUT2D eigenvalue weighted by Crippen LogP contribution is 2.22. The van der Waals surface area contributed by atoms with E-state index in [1.165, 1.54) is 69.6 Å². The molecule has 0 fully saturated rings. The second-order valence-corrected chi connectivity index (χ2v) is 18.0. The molecule has 0 aromatic heterocycles. The molecule has 0 atom stereocenters. The molecule has 3 aromatic rings. The first kappa shape index (κ1) is 37.5. The Morgan fingerprint density at radius 3 is 1.35 bits per heavy atom. The van der Waals surface area contributed by atoms with Crippen LogP contribution in [-0.2, 0) is 25.1 Å². The topological polar surface area (TPSA) is 43.4 Å². The summed E-state index contributed by atoms with van der Waals surface area (Å²) in [5, 5.41) is 0. The monoisotopic (exact) mass is 719 g/mol. The quantitative estimate of drug-likeness (QED) is 0.0919. The van der Waals surface area contributed by atoms with Crippen LogP contribution in [0.15, 0.2) is 83.8 Å². The zero-order valence-electron chi connectivity index (χ0n) is 27.8. The second kappa shape index (κ2) is 19.0. The molecule has 0 aliphatic heterocycles. The van der Waals surface area contributed by atoms with Gasteiger partial charge in [-0.15, -0.1) is 0 Å². The molecule has 0 spiro atoms. The number of unbranched alkanes of at least 4 members (excludes halogenated alkanes) is 9. The Hall–Kier alpha value is -1.70. The van der Waals surface area contributed by atoms with E-state index < -0.39 is 10.1 Å². The van der Waals surface area contributed by atoms with Gasteiger partial charge in [-0.2, -0.15) is 8.42 Å². The SMILES string of the molecule is CC(C)(C)c1ccc([I+]c2ccc(C(C)(C)C)cc2)cc1.CCCCCCCCCCCCOS(=O)(=O)c1ccccc1. The van der Waals surface area contributed by atoms with Gasteiger partial charge in [0.15, 0.2) is 7.14 Å². The van der Waals surface area contributed by atoms with Gasteiger partial charge >= 0.3 is 21.2 Å². The zero-order valence-corrected chi connectivity index (χ0v) is 30.8. The summed E-state index contributed by atoms with van der Waals surface area (Å²) < 4.78 is 31.8. The van der Waals surface area contributed by atoms with Gasteiger partial charge in [0.1, 0.15) is 0 Å². The molecule has 0 heterocycles. The van der Waals surface area contributed by atoms with Crippen LogP contribution < -0.4 is 21.2 Å². The molecule has 238 valence electrons. The van der Waals surface area contributed by atoms with Gasteiger partial charge in [0, 0.05) is 0 Å². The second-order valence-electron chi connectivity index (χ2n) is 13.4. The van der Waals surface area contributed by atoms with E-state index in [0.29, 0.717) is 0 Å². The van der Waals surface area contributed by atoms with Crippen LogP contribution in [0.1, 0.15) is 124 Å². The van der Waals surface area contributed by atoms with Crippen molar-refractivity contribution >= 4 is 10.1 Å². The van der Waals surface area contributed by atoms with Crippen LogP contribution >= 0.6 is 0 Å². The molecule has 0 unspecified atom stereocenters. The molecule has 3 aromatic carbocycles. The van der Waals surface area contributed by atoms with Gasteiger partial charge in [-0.05, 0) is 64.8 Å². The van der Waals surface area contributed by atoms with Crippen molar-refractivity contribution < 1.29 is 33.8 Å². The van der Waals surface area contributed by atoms with Crippen molar-refractivity contribution in [3.63, 3.8) is 0 Å². The van der Waals surface area contributed by atoms with E-state index in [1.807, 2.05) is 0 Å². The summed E-state index contributed by atoms with van der Waals surface area (Å²) in [4.78, 5) is 0.238. The summed E-state index contributed by atoms with van der Waals surface area (Å²) in [5.74, 6) is 0. The van der Waals surface area contributed by atoms with Gasteiger partial charge in [0.05, 0.1) is 11.5 Å². The molecule has 3 rings (SSSR count). The average molecular weight is 720 g/mol. The first-order valence-electron chi connectivity index (χ1n) is 16.1. The van der Waals surface area contributed by atoms with Gasteiger partial charge in [-0.3, -0.25) is 4.18 Å². The van der Waals surface area contributed by atoms with Gasteiger partial charge in [-0.1, -0.05) is 149 Å². The van der Waals surface area contributed by atoms with Crippen LogP contribution in [-0.4, -0.2) is 15.0 Å². The van der Waals surface area contributed by atoms with Crippen molar-refractivity contribution in [3.05, 3.63) is 97.1 Å². The van der Waals surface area contributed by atoms with Crippen molar-refractivity contribution in [1.29, 1.82) is 0 Å². The van der Waals surface area contributed by atoms with Crippen molar-refractivity contribution in [3.8, 4) is 0 Å². The Balaban J connectivity index is 0.000000300. The smallest absolute Gasteiger partial charge is 0.266 e. The lowest BCUT2D eigenvalue weighted by atomic mass is 9.87. The molecule has 0 bridgehead atoms. The van der Waals surface area contributed by atoms with E-state index in [-0.39, 0.29) is 43.5 Å². The van der Waals surface area contributed by atoms with Crippen LogP contribution in [0.5, 0.6) is 0 Å². The van der Waals surface area contributed by atoms with Crippen molar-refractivity contribution in [2.24, 2.45) is 0 Å². The minimum atomic E-state index is -3.57. The third kappa shape index (κ3) is 15.2. The largest absolute Gasteiger partial charge is 0.357 e. The minimum absolute atomic E-state index is 0.0703. The summed E-state index contributed by atoms with van der Waals surface area (Å²) in [5.41, 5.74) is 3.31. The third-order valence-electron chi connectivity index (χ3n) is 7.41. The number of halogens is 1. The van der Waals surface area contributed by atoms with E-state index in [1.54, 1.807) is 30.3 Å². The van der Waals surface area contributed by atoms with E-state index in [0.717, 1.165) is 12.8 Å². The summed E-state index contributed by atoms with van der Waals surface area (Å²) in [6.45, 7) is 16.1. The Morgan fingerprint density at radius 1 is 0.558 bits per heavy atom. The lowest BCUT2D eigenvalue weighted by molar-refractivity contribution is -0.597.